The number of anilines is 1. The molecule has 2 nitrogen and oxygen atoms in total. The zero-order valence-electron chi connectivity index (χ0n) is 10.4. The zero-order valence-corrected chi connectivity index (χ0v) is 11.9. The Morgan fingerprint density at radius 2 is 1.70 bits per heavy atom. The van der Waals surface area contributed by atoms with Gasteiger partial charge in [-0.05, 0) is 25.0 Å². The lowest BCUT2D eigenvalue weighted by molar-refractivity contribution is -0.124. The Hall–Kier alpha value is -1.11. The van der Waals surface area contributed by atoms with Crippen LogP contribution in [0.2, 0.25) is 0 Å². The number of hydrogen-bond donors (Lipinski definition) is 1. The average molecular weight is 354 g/mol. The van der Waals surface area contributed by atoms with E-state index in [1.165, 1.54) is 0 Å². The first kappa shape index (κ1) is 15.3. The van der Waals surface area contributed by atoms with Crippen LogP contribution in [0, 0.1) is 17.6 Å². The predicted octanol–water partition coefficient (Wildman–Crippen LogP) is 4.49. The maximum Gasteiger partial charge on any atom is 0.248 e. The van der Waals surface area contributed by atoms with Crippen LogP contribution >= 0.6 is 15.9 Å². The van der Waals surface area contributed by atoms with Crippen LogP contribution < -0.4 is 5.32 Å². The summed E-state index contributed by atoms with van der Waals surface area (Å²) in [6.07, 6.45) is -0.732. The molecule has 20 heavy (non-hydrogen) atoms. The molecule has 1 aliphatic carbocycles. The van der Waals surface area contributed by atoms with Gasteiger partial charge in [0.2, 0.25) is 11.8 Å². The number of amides is 1. The molecule has 1 N–H and O–H groups in total. The highest BCUT2D eigenvalue weighted by atomic mass is 79.9. The summed E-state index contributed by atoms with van der Waals surface area (Å²) in [5.74, 6) is -5.83. The SMILES string of the molecule is O=C(Nc1c(F)cc(Br)cc1F)C1CCC(F)(F)CC1. The van der Waals surface area contributed by atoms with Gasteiger partial charge in [0.25, 0.3) is 0 Å². The molecule has 0 aromatic heterocycles. The minimum Gasteiger partial charge on any atom is -0.321 e. The lowest BCUT2D eigenvalue weighted by Gasteiger charge is -2.27. The Morgan fingerprint density at radius 3 is 2.20 bits per heavy atom. The van der Waals surface area contributed by atoms with Crippen molar-refractivity contribution in [3.63, 3.8) is 0 Å². The Balaban J connectivity index is 2.06. The van der Waals surface area contributed by atoms with Gasteiger partial charge in [0.15, 0.2) is 11.6 Å². The second-order valence-electron chi connectivity index (χ2n) is 4.86. The molecule has 7 heteroatoms. The Labute approximate surface area is 121 Å². The summed E-state index contributed by atoms with van der Waals surface area (Å²) in [6.45, 7) is 0. The van der Waals surface area contributed by atoms with E-state index in [1.54, 1.807) is 0 Å². The molecule has 1 fully saturated rings. The molecule has 1 amide bonds. The van der Waals surface area contributed by atoms with Crippen LogP contribution in [0.3, 0.4) is 0 Å². The van der Waals surface area contributed by atoms with E-state index < -0.39 is 35.1 Å². The summed E-state index contributed by atoms with van der Waals surface area (Å²) < 4.78 is 53.3. The number of alkyl halides is 2. The Bertz CT molecular complexity index is 502. The van der Waals surface area contributed by atoms with Crippen LogP contribution in [0.4, 0.5) is 23.2 Å². The van der Waals surface area contributed by atoms with E-state index in [4.69, 9.17) is 0 Å². The highest BCUT2D eigenvalue weighted by Crippen LogP contribution is 2.36. The number of carbonyl (C=O) groups excluding carboxylic acids is 1. The number of hydrogen-bond acceptors (Lipinski definition) is 1. The van der Waals surface area contributed by atoms with Gasteiger partial charge in [0.05, 0.1) is 0 Å². The van der Waals surface area contributed by atoms with Gasteiger partial charge in [-0.3, -0.25) is 4.79 Å². The van der Waals surface area contributed by atoms with E-state index >= 15 is 0 Å². The quantitative estimate of drug-likeness (QED) is 0.779. The van der Waals surface area contributed by atoms with Crippen LogP contribution in [0.25, 0.3) is 0 Å². The lowest BCUT2D eigenvalue weighted by Crippen LogP contribution is -2.32. The van der Waals surface area contributed by atoms with Crippen molar-refractivity contribution in [2.24, 2.45) is 5.92 Å². The highest BCUT2D eigenvalue weighted by molar-refractivity contribution is 9.10. The number of carbonyl (C=O) groups is 1. The van der Waals surface area contributed by atoms with Crippen molar-refractivity contribution >= 4 is 27.5 Å². The smallest absolute Gasteiger partial charge is 0.248 e. The summed E-state index contributed by atoms with van der Waals surface area (Å²) in [6, 6.07) is 2.04. The molecule has 0 heterocycles. The fraction of sp³-hybridized carbons (Fsp3) is 0.462. The van der Waals surface area contributed by atoms with Crippen LogP contribution in [-0.2, 0) is 4.79 Å². The lowest BCUT2D eigenvalue weighted by atomic mass is 9.86. The third-order valence-electron chi connectivity index (χ3n) is 3.34. The van der Waals surface area contributed by atoms with Gasteiger partial charge in [-0.25, -0.2) is 17.6 Å². The first-order valence-corrected chi connectivity index (χ1v) is 6.91. The summed E-state index contributed by atoms with van der Waals surface area (Å²) in [7, 11) is 0. The monoisotopic (exact) mass is 353 g/mol. The van der Waals surface area contributed by atoms with E-state index in [0.29, 0.717) is 0 Å². The van der Waals surface area contributed by atoms with Gasteiger partial charge in [-0.1, -0.05) is 15.9 Å². The van der Waals surface area contributed by atoms with Crippen molar-refractivity contribution < 1.29 is 22.4 Å². The topological polar surface area (TPSA) is 29.1 Å². The van der Waals surface area contributed by atoms with Crippen molar-refractivity contribution in [2.75, 3.05) is 5.32 Å². The van der Waals surface area contributed by atoms with Gasteiger partial charge >= 0.3 is 0 Å². The first-order valence-electron chi connectivity index (χ1n) is 6.12. The van der Waals surface area contributed by atoms with E-state index in [0.717, 1.165) is 12.1 Å². The maximum absolute atomic E-state index is 13.6. The predicted molar refractivity (Wildman–Crippen MR) is 69.6 cm³/mol. The van der Waals surface area contributed by atoms with E-state index in [1.807, 2.05) is 0 Å². The standard InChI is InChI=1S/C13H12BrF4NO/c14-8-5-9(15)11(10(16)6-8)19-12(20)7-1-3-13(17,18)4-2-7/h5-7H,1-4H2,(H,19,20). The second kappa shape index (κ2) is 5.71. The fourth-order valence-electron chi connectivity index (χ4n) is 2.19. The molecule has 1 aromatic carbocycles. The van der Waals surface area contributed by atoms with Gasteiger partial charge in [0.1, 0.15) is 5.69 Å². The molecular formula is C13H12BrF4NO. The van der Waals surface area contributed by atoms with E-state index in [9.17, 15) is 22.4 Å². The van der Waals surface area contributed by atoms with Crippen LogP contribution in [0.15, 0.2) is 16.6 Å². The van der Waals surface area contributed by atoms with Gasteiger partial charge < -0.3 is 5.32 Å². The average Bonchev–Trinajstić information content (AvgIpc) is 2.33. The van der Waals surface area contributed by atoms with Gasteiger partial charge in [-0.15, -0.1) is 0 Å². The number of halogens is 5. The molecule has 0 atom stereocenters. The molecule has 0 unspecified atom stereocenters. The normalized spacial score (nSPS) is 18.9. The second-order valence-corrected chi connectivity index (χ2v) is 5.78. The molecular weight excluding hydrogens is 342 g/mol. The molecule has 0 aliphatic heterocycles. The zero-order chi connectivity index (χ0) is 14.9. The minimum absolute atomic E-state index is 0.0125. The van der Waals surface area contributed by atoms with Crippen LogP contribution in [0.5, 0.6) is 0 Å². The molecule has 1 aliphatic rings. The molecule has 2 rings (SSSR count). The van der Waals surface area contributed by atoms with Crippen molar-refractivity contribution in [3.05, 3.63) is 28.2 Å². The van der Waals surface area contributed by atoms with Gasteiger partial charge in [-0.2, -0.15) is 0 Å². The summed E-state index contributed by atoms with van der Waals surface area (Å²) in [5.41, 5.74) is -0.546. The summed E-state index contributed by atoms with van der Waals surface area (Å²) >= 11 is 2.93. The third kappa shape index (κ3) is 3.50. The number of nitrogens with one attached hydrogen (secondary N) is 1. The molecule has 0 spiro atoms. The Kier molecular flexibility index (Phi) is 4.36. The van der Waals surface area contributed by atoms with Crippen molar-refractivity contribution in [2.45, 2.75) is 31.6 Å². The summed E-state index contributed by atoms with van der Waals surface area (Å²) in [4.78, 5) is 11.9. The minimum atomic E-state index is -2.75. The molecule has 1 saturated carbocycles. The molecule has 0 saturated heterocycles. The number of benzene rings is 1. The van der Waals surface area contributed by atoms with E-state index in [-0.39, 0.29) is 30.2 Å². The van der Waals surface area contributed by atoms with Crippen molar-refractivity contribution in [3.8, 4) is 0 Å². The van der Waals surface area contributed by atoms with E-state index in [2.05, 4.69) is 21.2 Å². The largest absolute Gasteiger partial charge is 0.321 e. The van der Waals surface area contributed by atoms with Gasteiger partial charge in [0, 0.05) is 23.2 Å². The Morgan fingerprint density at radius 1 is 1.20 bits per heavy atom. The fourth-order valence-corrected chi connectivity index (χ4v) is 2.59. The summed E-state index contributed by atoms with van der Waals surface area (Å²) in [5, 5.41) is 2.15. The van der Waals surface area contributed by atoms with Crippen molar-refractivity contribution in [1.82, 2.24) is 0 Å². The highest BCUT2D eigenvalue weighted by Gasteiger charge is 2.37. The first-order chi connectivity index (χ1) is 9.28. The van der Waals surface area contributed by atoms with Crippen LogP contribution in [-0.4, -0.2) is 11.8 Å². The third-order valence-corrected chi connectivity index (χ3v) is 3.80. The maximum atomic E-state index is 13.6. The molecule has 0 bridgehead atoms. The molecule has 110 valence electrons. The number of rotatable bonds is 2. The molecule has 0 radical (unpaired) electrons. The van der Waals surface area contributed by atoms with Crippen LogP contribution in [0.1, 0.15) is 25.7 Å². The van der Waals surface area contributed by atoms with Crippen molar-refractivity contribution in [1.29, 1.82) is 0 Å². The molecule has 1 aromatic rings.